The first-order chi connectivity index (χ1) is 10.5. The Kier molecular flexibility index (Phi) is 4.07. The summed E-state index contributed by atoms with van der Waals surface area (Å²) < 4.78 is 91.3. The number of aromatic hydroxyl groups is 2. The van der Waals surface area contributed by atoms with Crippen molar-refractivity contribution < 1.29 is 40.6 Å². The lowest BCUT2D eigenvalue weighted by Crippen LogP contribution is -2.19. The molecule has 0 amide bonds. The van der Waals surface area contributed by atoms with Crippen molar-refractivity contribution in [1.82, 2.24) is 0 Å². The number of phenols is 2. The van der Waals surface area contributed by atoms with E-state index in [1.165, 1.54) is 4.72 Å². The summed E-state index contributed by atoms with van der Waals surface area (Å²) in [5.74, 6) is -13.7. The first-order valence-corrected chi connectivity index (χ1v) is 7.10. The SMILES string of the molecule is O=S(=O)(Nc1cc(O)cc(O)c1)c1c(F)c(F)c(F)c(F)c1F. The van der Waals surface area contributed by atoms with Crippen LogP contribution in [0.3, 0.4) is 0 Å². The van der Waals surface area contributed by atoms with Gasteiger partial charge in [0.1, 0.15) is 11.5 Å². The highest BCUT2D eigenvalue weighted by Crippen LogP contribution is 2.30. The first-order valence-electron chi connectivity index (χ1n) is 5.62. The molecule has 23 heavy (non-hydrogen) atoms. The number of phenolic OH excluding ortho intramolecular Hbond substituents is 2. The van der Waals surface area contributed by atoms with Crippen molar-refractivity contribution in [3.8, 4) is 11.5 Å². The maximum Gasteiger partial charge on any atom is 0.267 e. The van der Waals surface area contributed by atoms with Crippen LogP contribution in [0.25, 0.3) is 0 Å². The van der Waals surface area contributed by atoms with E-state index in [1.54, 1.807) is 0 Å². The second-order valence-electron chi connectivity index (χ2n) is 4.24. The standard InChI is InChI=1S/C12H6F5NO4S/c13-7-8(14)10(16)12(11(17)9(7)15)23(21,22)18-4-1-5(19)3-6(20)2-4/h1-3,18-20H. The number of anilines is 1. The second-order valence-corrected chi connectivity index (χ2v) is 5.86. The average Bonchev–Trinajstić information content (AvgIpc) is 2.41. The maximum absolute atomic E-state index is 13.5. The van der Waals surface area contributed by atoms with E-state index < -0.39 is 61.2 Å². The molecule has 0 radical (unpaired) electrons. The van der Waals surface area contributed by atoms with Crippen LogP contribution in [0.15, 0.2) is 23.1 Å². The van der Waals surface area contributed by atoms with Crippen LogP contribution < -0.4 is 4.72 Å². The summed E-state index contributed by atoms with van der Waals surface area (Å²) in [6.45, 7) is 0. The van der Waals surface area contributed by atoms with Gasteiger partial charge >= 0.3 is 0 Å². The van der Waals surface area contributed by atoms with Crippen LogP contribution in [-0.4, -0.2) is 18.6 Å². The molecule has 0 aliphatic carbocycles. The van der Waals surface area contributed by atoms with E-state index >= 15 is 0 Å². The fourth-order valence-electron chi connectivity index (χ4n) is 1.68. The van der Waals surface area contributed by atoms with Crippen molar-refractivity contribution in [2.45, 2.75) is 4.90 Å². The highest BCUT2D eigenvalue weighted by Gasteiger charge is 2.33. The van der Waals surface area contributed by atoms with Crippen molar-refractivity contribution in [2.75, 3.05) is 4.72 Å². The lowest BCUT2D eigenvalue weighted by atomic mass is 10.3. The lowest BCUT2D eigenvalue weighted by molar-refractivity contribution is 0.358. The highest BCUT2D eigenvalue weighted by atomic mass is 32.2. The molecule has 2 rings (SSSR count). The van der Waals surface area contributed by atoms with Gasteiger partial charge in [-0.05, 0) is 0 Å². The summed E-state index contributed by atoms with van der Waals surface area (Å²) in [7, 11) is -5.24. The molecule has 0 fully saturated rings. The molecule has 0 unspecified atom stereocenters. The summed E-state index contributed by atoms with van der Waals surface area (Å²) in [6.07, 6.45) is 0. The van der Waals surface area contributed by atoms with E-state index in [0.717, 1.165) is 18.2 Å². The van der Waals surface area contributed by atoms with Crippen LogP contribution in [0.1, 0.15) is 0 Å². The molecular formula is C12H6F5NO4S. The van der Waals surface area contributed by atoms with Crippen LogP contribution in [-0.2, 0) is 10.0 Å². The molecule has 0 aliphatic rings. The minimum Gasteiger partial charge on any atom is -0.508 e. The van der Waals surface area contributed by atoms with Gasteiger partial charge in [0.05, 0.1) is 5.69 Å². The van der Waals surface area contributed by atoms with E-state index in [0.29, 0.717) is 0 Å². The number of nitrogens with one attached hydrogen (secondary N) is 1. The van der Waals surface area contributed by atoms with Gasteiger partial charge in [-0.1, -0.05) is 0 Å². The van der Waals surface area contributed by atoms with Crippen molar-refractivity contribution in [3.63, 3.8) is 0 Å². The second kappa shape index (κ2) is 5.57. The minimum absolute atomic E-state index is 0.563. The van der Waals surface area contributed by atoms with Gasteiger partial charge in [-0.25, -0.2) is 30.4 Å². The van der Waals surface area contributed by atoms with E-state index in [4.69, 9.17) is 0 Å². The molecule has 0 spiro atoms. The fourth-order valence-corrected chi connectivity index (χ4v) is 2.86. The molecule has 124 valence electrons. The van der Waals surface area contributed by atoms with Crippen molar-refractivity contribution in [3.05, 3.63) is 47.3 Å². The van der Waals surface area contributed by atoms with Gasteiger partial charge in [0.2, 0.25) is 5.82 Å². The summed E-state index contributed by atoms with van der Waals surface area (Å²) in [6, 6.07) is 2.29. The smallest absolute Gasteiger partial charge is 0.267 e. The van der Waals surface area contributed by atoms with Crippen LogP contribution in [0.5, 0.6) is 11.5 Å². The van der Waals surface area contributed by atoms with Crippen LogP contribution >= 0.6 is 0 Å². The van der Waals surface area contributed by atoms with E-state index in [-0.39, 0.29) is 0 Å². The highest BCUT2D eigenvalue weighted by molar-refractivity contribution is 7.92. The van der Waals surface area contributed by atoms with Crippen LogP contribution in [0.4, 0.5) is 27.6 Å². The van der Waals surface area contributed by atoms with Gasteiger partial charge in [0.25, 0.3) is 10.0 Å². The molecule has 0 aromatic heterocycles. The van der Waals surface area contributed by atoms with Crippen molar-refractivity contribution in [1.29, 1.82) is 0 Å². The third-order valence-corrected chi connectivity index (χ3v) is 3.99. The predicted molar refractivity (Wildman–Crippen MR) is 66.8 cm³/mol. The average molecular weight is 355 g/mol. The summed E-state index contributed by atoms with van der Waals surface area (Å²) in [5, 5.41) is 18.4. The van der Waals surface area contributed by atoms with Gasteiger partial charge < -0.3 is 10.2 Å². The zero-order chi connectivity index (χ0) is 17.5. The predicted octanol–water partition coefficient (Wildman–Crippen LogP) is 2.59. The Morgan fingerprint density at radius 3 is 1.57 bits per heavy atom. The number of hydrogen-bond acceptors (Lipinski definition) is 4. The molecule has 0 saturated carbocycles. The number of sulfonamides is 1. The monoisotopic (exact) mass is 355 g/mol. The van der Waals surface area contributed by atoms with Crippen molar-refractivity contribution >= 4 is 15.7 Å². The Morgan fingerprint density at radius 2 is 1.13 bits per heavy atom. The Bertz CT molecular complexity index is 852. The Morgan fingerprint density at radius 1 is 0.739 bits per heavy atom. The van der Waals surface area contributed by atoms with Gasteiger partial charge in [-0.15, -0.1) is 0 Å². The number of benzene rings is 2. The Hall–Kier alpha value is -2.56. The first kappa shape index (κ1) is 16.8. The molecule has 0 aliphatic heterocycles. The largest absolute Gasteiger partial charge is 0.508 e. The Labute approximate surface area is 125 Å². The molecule has 0 atom stereocenters. The molecule has 2 aromatic rings. The van der Waals surface area contributed by atoms with E-state index in [2.05, 4.69) is 0 Å². The van der Waals surface area contributed by atoms with E-state index in [9.17, 15) is 40.6 Å². The molecule has 0 heterocycles. The third-order valence-electron chi connectivity index (χ3n) is 2.59. The number of hydrogen-bond donors (Lipinski definition) is 3. The van der Waals surface area contributed by atoms with Crippen LogP contribution in [0.2, 0.25) is 0 Å². The number of halogens is 5. The van der Waals surface area contributed by atoms with Gasteiger partial charge in [-0.2, -0.15) is 0 Å². The summed E-state index contributed by atoms with van der Waals surface area (Å²) in [4.78, 5) is -2.09. The molecule has 11 heteroatoms. The van der Waals surface area contributed by atoms with E-state index in [1.807, 2.05) is 0 Å². The van der Waals surface area contributed by atoms with Gasteiger partial charge in [0, 0.05) is 18.2 Å². The molecular weight excluding hydrogens is 349 g/mol. The Balaban J connectivity index is 2.61. The minimum atomic E-state index is -5.24. The third kappa shape index (κ3) is 2.99. The molecule has 0 saturated heterocycles. The van der Waals surface area contributed by atoms with Crippen molar-refractivity contribution in [2.24, 2.45) is 0 Å². The van der Waals surface area contributed by atoms with Gasteiger partial charge in [0.15, 0.2) is 28.2 Å². The molecule has 5 nitrogen and oxygen atoms in total. The zero-order valence-corrected chi connectivity index (χ0v) is 11.6. The maximum atomic E-state index is 13.5. The molecule has 2 aromatic carbocycles. The number of rotatable bonds is 3. The zero-order valence-electron chi connectivity index (χ0n) is 10.7. The molecule has 3 N–H and O–H groups in total. The summed E-state index contributed by atoms with van der Waals surface area (Å²) >= 11 is 0. The van der Waals surface area contributed by atoms with Crippen LogP contribution in [0, 0.1) is 29.1 Å². The lowest BCUT2D eigenvalue weighted by Gasteiger charge is -2.11. The normalized spacial score (nSPS) is 11.5. The van der Waals surface area contributed by atoms with Gasteiger partial charge in [-0.3, -0.25) is 4.72 Å². The quantitative estimate of drug-likeness (QED) is 0.449. The fraction of sp³-hybridized carbons (Fsp3) is 0. The topological polar surface area (TPSA) is 86.6 Å². The molecule has 0 bridgehead atoms. The summed E-state index contributed by atoms with van der Waals surface area (Å²) in [5.41, 5.74) is -0.563.